The number of aromatic nitrogens is 1. The lowest BCUT2D eigenvalue weighted by molar-refractivity contribution is -0.137. The van der Waals surface area contributed by atoms with Crippen LogP contribution in [-0.2, 0) is 10.9 Å². The van der Waals surface area contributed by atoms with Crippen LogP contribution in [-0.4, -0.2) is 18.1 Å². The lowest BCUT2D eigenvalue weighted by Crippen LogP contribution is -2.08. The molecule has 1 aromatic heterocycles. The van der Waals surface area contributed by atoms with Gasteiger partial charge in [0, 0.05) is 10.4 Å². The van der Waals surface area contributed by atoms with Gasteiger partial charge in [0.25, 0.3) is 0 Å². The quantitative estimate of drug-likeness (QED) is 0.619. The standard InChI is InChI=1S/C13H9F4NO2S/c1-6-10(12(19)20-2)18-11(21-6)8-5-7(14)3-4-9(8)13(15,16)17/h3-5H,1-2H3. The fourth-order valence-electron chi connectivity index (χ4n) is 1.74. The number of ether oxygens (including phenoxy) is 1. The van der Waals surface area contributed by atoms with Crippen LogP contribution in [0.25, 0.3) is 10.6 Å². The Balaban J connectivity index is 2.62. The van der Waals surface area contributed by atoms with Crippen molar-refractivity contribution in [1.82, 2.24) is 4.98 Å². The summed E-state index contributed by atoms with van der Waals surface area (Å²) < 4.78 is 56.6. The van der Waals surface area contributed by atoms with Gasteiger partial charge in [-0.3, -0.25) is 0 Å². The van der Waals surface area contributed by atoms with E-state index < -0.39 is 29.1 Å². The van der Waals surface area contributed by atoms with Crippen LogP contribution in [0, 0.1) is 12.7 Å². The molecular weight excluding hydrogens is 310 g/mol. The molecule has 0 atom stereocenters. The average Bonchev–Trinajstić information content (AvgIpc) is 2.78. The number of hydrogen-bond donors (Lipinski definition) is 0. The largest absolute Gasteiger partial charge is 0.464 e. The summed E-state index contributed by atoms with van der Waals surface area (Å²) in [6.45, 7) is 1.53. The van der Waals surface area contributed by atoms with Gasteiger partial charge in [-0.1, -0.05) is 0 Å². The number of aryl methyl sites for hydroxylation is 1. The molecule has 0 amide bonds. The molecule has 2 rings (SSSR count). The molecule has 0 unspecified atom stereocenters. The Morgan fingerprint density at radius 1 is 1.33 bits per heavy atom. The predicted molar refractivity (Wildman–Crippen MR) is 68.6 cm³/mol. The lowest BCUT2D eigenvalue weighted by Gasteiger charge is -2.10. The number of carbonyl (C=O) groups is 1. The number of benzene rings is 1. The summed E-state index contributed by atoms with van der Waals surface area (Å²) >= 11 is 0.872. The van der Waals surface area contributed by atoms with Crippen LogP contribution in [0.5, 0.6) is 0 Å². The van der Waals surface area contributed by atoms with Gasteiger partial charge in [0.1, 0.15) is 10.8 Å². The Morgan fingerprint density at radius 2 is 2.00 bits per heavy atom. The van der Waals surface area contributed by atoms with Crippen LogP contribution in [0.4, 0.5) is 17.6 Å². The van der Waals surface area contributed by atoms with E-state index in [1.807, 2.05) is 0 Å². The Bertz CT molecular complexity index is 694. The zero-order valence-electron chi connectivity index (χ0n) is 10.9. The Morgan fingerprint density at radius 3 is 2.57 bits per heavy atom. The van der Waals surface area contributed by atoms with E-state index in [0.29, 0.717) is 10.9 Å². The van der Waals surface area contributed by atoms with Crippen LogP contribution in [0.15, 0.2) is 18.2 Å². The van der Waals surface area contributed by atoms with E-state index >= 15 is 0 Å². The van der Waals surface area contributed by atoms with Crippen LogP contribution in [0.1, 0.15) is 20.9 Å². The monoisotopic (exact) mass is 319 g/mol. The second-order valence-electron chi connectivity index (χ2n) is 4.10. The third-order valence-corrected chi connectivity index (χ3v) is 3.70. The number of carbonyl (C=O) groups excluding carboxylic acids is 1. The van der Waals surface area contributed by atoms with E-state index in [1.165, 1.54) is 6.92 Å². The fourth-order valence-corrected chi connectivity index (χ4v) is 2.67. The van der Waals surface area contributed by atoms with Crippen LogP contribution in [0.2, 0.25) is 0 Å². The average molecular weight is 319 g/mol. The van der Waals surface area contributed by atoms with E-state index in [9.17, 15) is 22.4 Å². The number of thiazole rings is 1. The molecule has 8 heteroatoms. The minimum Gasteiger partial charge on any atom is -0.464 e. The molecule has 0 aliphatic heterocycles. The molecule has 0 saturated carbocycles. The van der Waals surface area contributed by atoms with Crippen LogP contribution in [0.3, 0.4) is 0 Å². The minimum absolute atomic E-state index is 0.0742. The molecule has 21 heavy (non-hydrogen) atoms. The first kappa shape index (κ1) is 15.4. The fraction of sp³-hybridized carbons (Fsp3) is 0.231. The summed E-state index contributed by atoms with van der Waals surface area (Å²) in [7, 11) is 1.14. The van der Waals surface area contributed by atoms with Crippen molar-refractivity contribution in [3.8, 4) is 10.6 Å². The Hall–Kier alpha value is -1.96. The van der Waals surface area contributed by atoms with Crippen molar-refractivity contribution in [1.29, 1.82) is 0 Å². The summed E-state index contributed by atoms with van der Waals surface area (Å²) in [5, 5.41) is -0.0836. The molecule has 0 saturated heterocycles. The Kier molecular flexibility index (Phi) is 3.99. The number of esters is 1. The predicted octanol–water partition coefficient (Wildman–Crippen LogP) is 4.06. The first-order chi connectivity index (χ1) is 9.74. The summed E-state index contributed by atoms with van der Waals surface area (Å²) in [4.78, 5) is 15.7. The highest BCUT2D eigenvalue weighted by Gasteiger charge is 2.35. The number of rotatable bonds is 2. The molecule has 2 aromatic rings. The maximum Gasteiger partial charge on any atom is 0.417 e. The second-order valence-corrected chi connectivity index (χ2v) is 5.31. The molecule has 1 aromatic carbocycles. The van der Waals surface area contributed by atoms with Gasteiger partial charge in [0.15, 0.2) is 5.69 Å². The number of hydrogen-bond acceptors (Lipinski definition) is 4. The topological polar surface area (TPSA) is 39.2 Å². The van der Waals surface area contributed by atoms with E-state index in [-0.39, 0.29) is 10.7 Å². The van der Waals surface area contributed by atoms with Crippen LogP contribution >= 0.6 is 11.3 Å². The smallest absolute Gasteiger partial charge is 0.417 e. The molecule has 0 radical (unpaired) electrons. The third kappa shape index (κ3) is 3.05. The van der Waals surface area contributed by atoms with Crippen molar-refractivity contribution in [3.63, 3.8) is 0 Å². The highest BCUT2D eigenvalue weighted by Crippen LogP contribution is 2.39. The van der Waals surface area contributed by atoms with Gasteiger partial charge < -0.3 is 4.74 Å². The molecule has 1 heterocycles. The lowest BCUT2D eigenvalue weighted by atomic mass is 10.1. The second kappa shape index (κ2) is 5.44. The number of alkyl halides is 3. The third-order valence-electron chi connectivity index (χ3n) is 2.69. The van der Waals surface area contributed by atoms with Crippen molar-refractivity contribution in [3.05, 3.63) is 40.2 Å². The zero-order valence-corrected chi connectivity index (χ0v) is 11.7. The zero-order chi connectivity index (χ0) is 15.8. The molecule has 0 aliphatic rings. The van der Waals surface area contributed by atoms with E-state index in [0.717, 1.165) is 30.6 Å². The SMILES string of the molecule is COC(=O)c1nc(-c2cc(F)ccc2C(F)(F)F)sc1C. The van der Waals surface area contributed by atoms with E-state index in [4.69, 9.17) is 0 Å². The van der Waals surface area contributed by atoms with Gasteiger partial charge in [0.2, 0.25) is 0 Å². The summed E-state index contributed by atoms with van der Waals surface area (Å²) in [5.41, 5.74) is -1.48. The van der Waals surface area contributed by atoms with Gasteiger partial charge >= 0.3 is 12.1 Å². The van der Waals surface area contributed by atoms with Crippen molar-refractivity contribution < 1.29 is 27.1 Å². The van der Waals surface area contributed by atoms with E-state index in [1.54, 1.807) is 0 Å². The van der Waals surface area contributed by atoms with E-state index in [2.05, 4.69) is 9.72 Å². The van der Waals surface area contributed by atoms with Crippen molar-refractivity contribution in [2.45, 2.75) is 13.1 Å². The summed E-state index contributed by atoms with van der Waals surface area (Å²) in [6, 6.07) is 2.13. The maximum atomic E-state index is 13.3. The molecular formula is C13H9F4NO2S. The molecule has 0 spiro atoms. The molecule has 112 valence electrons. The molecule has 0 bridgehead atoms. The minimum atomic E-state index is -4.64. The molecule has 3 nitrogen and oxygen atoms in total. The molecule has 0 aliphatic carbocycles. The van der Waals surface area contributed by atoms with Crippen molar-refractivity contribution >= 4 is 17.3 Å². The highest BCUT2D eigenvalue weighted by molar-refractivity contribution is 7.15. The van der Waals surface area contributed by atoms with Gasteiger partial charge in [-0.05, 0) is 25.1 Å². The van der Waals surface area contributed by atoms with Crippen molar-refractivity contribution in [2.75, 3.05) is 7.11 Å². The van der Waals surface area contributed by atoms with Gasteiger partial charge in [-0.15, -0.1) is 11.3 Å². The van der Waals surface area contributed by atoms with Gasteiger partial charge in [-0.25, -0.2) is 14.2 Å². The number of halogens is 4. The first-order valence-corrected chi connectivity index (χ1v) is 6.48. The number of nitrogens with zero attached hydrogens (tertiary/aromatic N) is 1. The molecule has 0 N–H and O–H groups in total. The van der Waals surface area contributed by atoms with Gasteiger partial charge in [-0.2, -0.15) is 13.2 Å². The summed E-state index contributed by atoms with van der Waals surface area (Å²) in [6.07, 6.45) is -4.64. The normalized spacial score (nSPS) is 11.5. The summed E-state index contributed by atoms with van der Waals surface area (Å²) in [5.74, 6) is -1.56. The van der Waals surface area contributed by atoms with Crippen molar-refractivity contribution in [2.24, 2.45) is 0 Å². The highest BCUT2D eigenvalue weighted by atomic mass is 32.1. The maximum absolute atomic E-state index is 13.3. The first-order valence-electron chi connectivity index (χ1n) is 5.67. The van der Waals surface area contributed by atoms with Gasteiger partial charge in [0.05, 0.1) is 12.7 Å². The number of methoxy groups -OCH3 is 1. The van der Waals surface area contributed by atoms with Crippen LogP contribution < -0.4 is 0 Å². The Labute approximate surface area is 121 Å². The molecule has 0 fully saturated rings.